The Morgan fingerprint density at radius 2 is 1.76 bits per heavy atom. The van der Waals surface area contributed by atoms with Gasteiger partial charge in [0.15, 0.2) is 0 Å². The molecule has 0 saturated heterocycles. The molecule has 2 rings (SSSR count). The fourth-order valence-electron chi connectivity index (χ4n) is 3.10. The molecule has 0 aliphatic carbocycles. The van der Waals surface area contributed by atoms with Gasteiger partial charge in [-0.15, -0.1) is 0 Å². The first-order valence-electron chi connectivity index (χ1n) is 8.94. The molecule has 0 bridgehead atoms. The molecular formula is C21H32N4. The fraction of sp³-hybridized carbons (Fsp3) is 0.476. The van der Waals surface area contributed by atoms with Gasteiger partial charge < -0.3 is 9.47 Å². The lowest BCUT2D eigenvalue weighted by Gasteiger charge is -2.22. The number of imidazole rings is 1. The van der Waals surface area contributed by atoms with Gasteiger partial charge in [-0.3, -0.25) is 4.90 Å². The quantitative estimate of drug-likeness (QED) is 0.736. The molecule has 1 aromatic heterocycles. The van der Waals surface area contributed by atoms with Gasteiger partial charge in [-0.25, -0.2) is 4.98 Å². The minimum absolute atomic E-state index is 0.869. The summed E-state index contributed by atoms with van der Waals surface area (Å²) < 4.78 is 2.10. The Morgan fingerprint density at radius 1 is 1.08 bits per heavy atom. The van der Waals surface area contributed by atoms with Gasteiger partial charge >= 0.3 is 0 Å². The van der Waals surface area contributed by atoms with Crippen molar-refractivity contribution in [3.8, 4) is 0 Å². The van der Waals surface area contributed by atoms with E-state index in [1.54, 1.807) is 0 Å². The molecule has 0 saturated carbocycles. The third-order valence-corrected chi connectivity index (χ3v) is 4.54. The van der Waals surface area contributed by atoms with E-state index in [0.717, 1.165) is 32.0 Å². The van der Waals surface area contributed by atoms with Crippen molar-refractivity contribution in [1.29, 1.82) is 0 Å². The number of aromatic nitrogens is 2. The lowest BCUT2D eigenvalue weighted by Crippen LogP contribution is -2.32. The van der Waals surface area contributed by atoms with E-state index in [1.165, 1.54) is 22.3 Å². The second-order valence-electron chi connectivity index (χ2n) is 7.21. The highest BCUT2D eigenvalue weighted by Gasteiger charge is 2.08. The summed E-state index contributed by atoms with van der Waals surface area (Å²) >= 11 is 0. The summed E-state index contributed by atoms with van der Waals surface area (Å²) in [6.07, 6.45) is 8.43. The van der Waals surface area contributed by atoms with Gasteiger partial charge in [0.1, 0.15) is 5.82 Å². The second-order valence-corrected chi connectivity index (χ2v) is 7.21. The third-order valence-electron chi connectivity index (χ3n) is 4.54. The maximum atomic E-state index is 4.47. The van der Waals surface area contributed by atoms with Crippen LogP contribution in [0.25, 0.3) is 6.08 Å². The van der Waals surface area contributed by atoms with Crippen molar-refractivity contribution >= 4 is 6.08 Å². The maximum absolute atomic E-state index is 4.47. The lowest BCUT2D eigenvalue weighted by molar-refractivity contribution is 0.248. The Bertz CT molecular complexity index is 689. The topological polar surface area (TPSA) is 24.3 Å². The molecule has 25 heavy (non-hydrogen) atoms. The molecule has 0 fully saturated rings. The summed E-state index contributed by atoms with van der Waals surface area (Å²) in [6, 6.07) is 4.51. The van der Waals surface area contributed by atoms with Crippen LogP contribution in [0.1, 0.15) is 28.1 Å². The van der Waals surface area contributed by atoms with E-state index in [2.05, 4.69) is 85.5 Å². The van der Waals surface area contributed by atoms with E-state index in [0.29, 0.717) is 0 Å². The van der Waals surface area contributed by atoms with Crippen LogP contribution < -0.4 is 0 Å². The summed E-state index contributed by atoms with van der Waals surface area (Å²) in [4.78, 5) is 9.14. The summed E-state index contributed by atoms with van der Waals surface area (Å²) in [5, 5.41) is 0. The first-order chi connectivity index (χ1) is 11.9. The molecule has 0 aliphatic heterocycles. The fourth-order valence-corrected chi connectivity index (χ4v) is 3.10. The van der Waals surface area contributed by atoms with E-state index in [4.69, 9.17) is 0 Å². The number of hydrogen-bond donors (Lipinski definition) is 0. The molecular weight excluding hydrogens is 308 g/mol. The number of aryl methyl sites for hydroxylation is 4. The lowest BCUT2D eigenvalue weighted by atomic mass is 9.99. The number of likely N-dealkylation sites (N-methyl/N-ethyl adjacent to an activating group) is 1. The maximum Gasteiger partial charge on any atom is 0.122 e. The van der Waals surface area contributed by atoms with Crippen LogP contribution in [-0.2, 0) is 13.6 Å². The van der Waals surface area contributed by atoms with Crippen molar-refractivity contribution in [1.82, 2.24) is 19.4 Å². The molecule has 0 radical (unpaired) electrons. The number of rotatable bonds is 8. The Balaban J connectivity index is 2.07. The van der Waals surface area contributed by atoms with Crippen molar-refractivity contribution in [3.05, 3.63) is 58.7 Å². The van der Waals surface area contributed by atoms with Gasteiger partial charge in [-0.1, -0.05) is 29.8 Å². The van der Waals surface area contributed by atoms with Crippen molar-refractivity contribution in [2.24, 2.45) is 7.05 Å². The average molecular weight is 341 g/mol. The summed E-state index contributed by atoms with van der Waals surface area (Å²) in [6.45, 7) is 10.4. The Hall–Kier alpha value is -1.91. The summed E-state index contributed by atoms with van der Waals surface area (Å²) in [5.41, 5.74) is 5.36. The molecule has 4 nitrogen and oxygen atoms in total. The summed E-state index contributed by atoms with van der Waals surface area (Å²) in [5.74, 6) is 1.11. The zero-order valence-corrected chi connectivity index (χ0v) is 16.6. The van der Waals surface area contributed by atoms with E-state index < -0.39 is 0 Å². The van der Waals surface area contributed by atoms with Crippen molar-refractivity contribution < 1.29 is 0 Å². The molecule has 0 aliphatic rings. The molecule has 1 heterocycles. The average Bonchev–Trinajstić information content (AvgIpc) is 2.92. The Labute approximate surface area is 152 Å². The minimum Gasteiger partial charge on any atom is -0.337 e. The van der Waals surface area contributed by atoms with Crippen LogP contribution in [0.15, 0.2) is 30.6 Å². The van der Waals surface area contributed by atoms with Crippen LogP contribution in [0.3, 0.4) is 0 Å². The standard InChI is InChI=1S/C21H32N4/c1-17-14-18(2)20(19(3)15-17)8-7-10-25(13-12-23(4)5)16-21-22-9-11-24(21)6/h7-9,11,14-15H,10,12-13,16H2,1-6H3/b8-7+. The molecule has 0 amide bonds. The number of benzene rings is 1. The first kappa shape index (κ1) is 19.4. The van der Waals surface area contributed by atoms with E-state index in [1.807, 2.05) is 12.4 Å². The van der Waals surface area contributed by atoms with Crippen molar-refractivity contribution in [2.75, 3.05) is 33.7 Å². The molecule has 0 N–H and O–H groups in total. The smallest absolute Gasteiger partial charge is 0.122 e. The highest BCUT2D eigenvalue weighted by molar-refractivity contribution is 5.58. The van der Waals surface area contributed by atoms with Gasteiger partial charge in [-0.05, 0) is 51.6 Å². The van der Waals surface area contributed by atoms with Crippen LogP contribution in [-0.4, -0.2) is 53.1 Å². The predicted octanol–water partition coefficient (Wildman–Crippen LogP) is 3.42. The van der Waals surface area contributed by atoms with Crippen LogP contribution in [0.2, 0.25) is 0 Å². The number of nitrogens with zero attached hydrogens (tertiary/aromatic N) is 4. The summed E-state index contributed by atoms with van der Waals surface area (Å²) in [7, 11) is 6.29. The van der Waals surface area contributed by atoms with E-state index in [-0.39, 0.29) is 0 Å². The molecule has 0 atom stereocenters. The van der Waals surface area contributed by atoms with Crippen molar-refractivity contribution in [2.45, 2.75) is 27.3 Å². The first-order valence-corrected chi connectivity index (χ1v) is 8.94. The number of hydrogen-bond acceptors (Lipinski definition) is 3. The third kappa shape index (κ3) is 5.83. The Kier molecular flexibility index (Phi) is 6.97. The highest BCUT2D eigenvalue weighted by atomic mass is 15.2. The van der Waals surface area contributed by atoms with Crippen LogP contribution in [0.5, 0.6) is 0 Å². The van der Waals surface area contributed by atoms with Crippen LogP contribution in [0.4, 0.5) is 0 Å². The van der Waals surface area contributed by atoms with Crippen LogP contribution in [0, 0.1) is 20.8 Å². The molecule has 4 heteroatoms. The van der Waals surface area contributed by atoms with E-state index >= 15 is 0 Å². The van der Waals surface area contributed by atoms with Gasteiger partial charge in [0.25, 0.3) is 0 Å². The molecule has 0 spiro atoms. The zero-order valence-electron chi connectivity index (χ0n) is 16.6. The minimum atomic E-state index is 0.869. The molecule has 1 aromatic carbocycles. The predicted molar refractivity (Wildman–Crippen MR) is 107 cm³/mol. The van der Waals surface area contributed by atoms with E-state index in [9.17, 15) is 0 Å². The van der Waals surface area contributed by atoms with Gasteiger partial charge in [0, 0.05) is 39.1 Å². The zero-order chi connectivity index (χ0) is 18.4. The normalized spacial score (nSPS) is 12.0. The molecule has 136 valence electrons. The van der Waals surface area contributed by atoms with Crippen molar-refractivity contribution in [3.63, 3.8) is 0 Å². The Morgan fingerprint density at radius 3 is 2.32 bits per heavy atom. The SMILES string of the molecule is Cc1cc(C)c(/C=C/CN(CCN(C)C)Cc2nccn2C)c(C)c1. The van der Waals surface area contributed by atoms with Crippen LogP contribution >= 0.6 is 0 Å². The highest BCUT2D eigenvalue weighted by Crippen LogP contribution is 2.18. The van der Waals surface area contributed by atoms with Gasteiger partial charge in [-0.2, -0.15) is 0 Å². The molecule has 0 unspecified atom stereocenters. The monoisotopic (exact) mass is 340 g/mol. The molecule has 2 aromatic rings. The van der Waals surface area contributed by atoms with Gasteiger partial charge in [0.05, 0.1) is 6.54 Å². The second kappa shape index (κ2) is 8.97. The van der Waals surface area contributed by atoms with Gasteiger partial charge in [0.2, 0.25) is 0 Å². The largest absolute Gasteiger partial charge is 0.337 e.